The average Bonchev–Trinajstić information content (AvgIpc) is 2.48. The van der Waals surface area contributed by atoms with Crippen LogP contribution >= 0.6 is 11.8 Å². The summed E-state index contributed by atoms with van der Waals surface area (Å²) in [5.41, 5.74) is 1.18. The first-order valence-electron chi connectivity index (χ1n) is 6.15. The van der Waals surface area contributed by atoms with Crippen molar-refractivity contribution in [2.75, 3.05) is 11.1 Å². The molecule has 1 aromatic heterocycles. The van der Waals surface area contributed by atoms with Crippen LogP contribution in [0.15, 0.2) is 47.6 Å². The van der Waals surface area contributed by atoms with Gasteiger partial charge in [-0.05, 0) is 24.6 Å². The molecule has 6 nitrogen and oxygen atoms in total. The third-order valence-electron chi connectivity index (χ3n) is 2.69. The van der Waals surface area contributed by atoms with Crippen molar-refractivity contribution in [1.29, 1.82) is 0 Å². The van der Waals surface area contributed by atoms with Gasteiger partial charge in [0, 0.05) is 18.3 Å². The number of carbonyl (C=O) groups is 1. The molecule has 2 aromatic rings. The standard InChI is InChI=1S/C14H13N3O3S/c1-10-5-6-11(17(19)20)8-12(10)16-13(18)9-21-14-4-2-3-7-15-14/h2-8H,9H2,1H3,(H,16,18). The number of rotatable bonds is 5. The van der Waals surface area contributed by atoms with Crippen LogP contribution in [0.25, 0.3) is 0 Å². The number of nitro benzene ring substituents is 1. The quantitative estimate of drug-likeness (QED) is 0.521. The van der Waals surface area contributed by atoms with Crippen LogP contribution in [0.3, 0.4) is 0 Å². The van der Waals surface area contributed by atoms with Crippen LogP contribution in [-0.2, 0) is 4.79 Å². The Kier molecular flexibility index (Phi) is 4.89. The number of anilines is 1. The molecular weight excluding hydrogens is 290 g/mol. The van der Waals surface area contributed by atoms with E-state index < -0.39 is 4.92 Å². The molecule has 0 aliphatic heterocycles. The van der Waals surface area contributed by atoms with Crippen LogP contribution in [0.5, 0.6) is 0 Å². The molecule has 0 saturated heterocycles. The minimum absolute atomic E-state index is 0.0479. The number of non-ortho nitro benzene ring substituents is 1. The number of nitrogens with one attached hydrogen (secondary N) is 1. The zero-order chi connectivity index (χ0) is 15.2. The molecule has 108 valence electrons. The van der Waals surface area contributed by atoms with Crippen LogP contribution < -0.4 is 5.32 Å². The number of hydrogen-bond donors (Lipinski definition) is 1. The molecule has 0 atom stereocenters. The molecular formula is C14H13N3O3S. The van der Waals surface area contributed by atoms with E-state index >= 15 is 0 Å². The van der Waals surface area contributed by atoms with E-state index in [2.05, 4.69) is 10.3 Å². The van der Waals surface area contributed by atoms with Crippen molar-refractivity contribution < 1.29 is 9.72 Å². The Hall–Kier alpha value is -2.41. The molecule has 0 aliphatic carbocycles. The predicted molar refractivity (Wildman–Crippen MR) is 81.4 cm³/mol. The molecule has 0 radical (unpaired) electrons. The Balaban J connectivity index is 1.99. The molecule has 0 unspecified atom stereocenters. The summed E-state index contributed by atoms with van der Waals surface area (Å²) in [6, 6.07) is 9.84. The van der Waals surface area contributed by atoms with Crippen molar-refractivity contribution in [3.63, 3.8) is 0 Å². The fourth-order valence-electron chi connectivity index (χ4n) is 1.62. The van der Waals surface area contributed by atoms with Gasteiger partial charge >= 0.3 is 0 Å². The number of hydrogen-bond acceptors (Lipinski definition) is 5. The Morgan fingerprint density at radius 3 is 2.86 bits per heavy atom. The average molecular weight is 303 g/mol. The topological polar surface area (TPSA) is 85.1 Å². The molecule has 1 amide bonds. The van der Waals surface area contributed by atoms with Gasteiger partial charge in [0.2, 0.25) is 5.91 Å². The minimum Gasteiger partial charge on any atom is -0.325 e. The zero-order valence-corrected chi connectivity index (χ0v) is 12.1. The molecule has 0 bridgehead atoms. The fraction of sp³-hybridized carbons (Fsp3) is 0.143. The molecule has 0 aliphatic rings. The van der Waals surface area contributed by atoms with Crippen LogP contribution in [0.1, 0.15) is 5.56 Å². The molecule has 1 aromatic carbocycles. The highest BCUT2D eigenvalue weighted by molar-refractivity contribution is 7.99. The molecule has 7 heteroatoms. The molecule has 1 N–H and O–H groups in total. The van der Waals surface area contributed by atoms with Crippen molar-refractivity contribution >= 4 is 29.0 Å². The number of thioether (sulfide) groups is 1. The van der Waals surface area contributed by atoms with E-state index in [4.69, 9.17) is 0 Å². The van der Waals surface area contributed by atoms with Gasteiger partial charge < -0.3 is 5.32 Å². The monoisotopic (exact) mass is 303 g/mol. The van der Waals surface area contributed by atoms with Crippen LogP contribution in [-0.4, -0.2) is 21.6 Å². The second-order valence-corrected chi connectivity index (χ2v) is 5.26. The van der Waals surface area contributed by atoms with Gasteiger partial charge in [-0.1, -0.05) is 23.9 Å². The molecule has 21 heavy (non-hydrogen) atoms. The van der Waals surface area contributed by atoms with Gasteiger partial charge in [0.25, 0.3) is 5.69 Å². The van der Waals surface area contributed by atoms with Crippen molar-refractivity contribution in [2.45, 2.75) is 11.9 Å². The number of carbonyl (C=O) groups excluding carboxylic acids is 1. The maximum Gasteiger partial charge on any atom is 0.271 e. The number of aryl methyl sites for hydroxylation is 1. The Morgan fingerprint density at radius 2 is 2.19 bits per heavy atom. The summed E-state index contributed by atoms with van der Waals surface area (Å²) < 4.78 is 0. The number of aromatic nitrogens is 1. The summed E-state index contributed by atoms with van der Waals surface area (Å²) >= 11 is 1.31. The smallest absolute Gasteiger partial charge is 0.271 e. The Bertz CT molecular complexity index is 662. The summed E-state index contributed by atoms with van der Waals surface area (Å²) in [6.07, 6.45) is 1.66. The van der Waals surface area contributed by atoms with E-state index in [9.17, 15) is 14.9 Å². The largest absolute Gasteiger partial charge is 0.325 e. The molecule has 1 heterocycles. The lowest BCUT2D eigenvalue weighted by molar-refractivity contribution is -0.384. The van der Waals surface area contributed by atoms with Crippen molar-refractivity contribution in [3.05, 3.63) is 58.3 Å². The number of pyridine rings is 1. The van der Waals surface area contributed by atoms with Gasteiger partial charge in [-0.3, -0.25) is 14.9 Å². The van der Waals surface area contributed by atoms with Gasteiger partial charge in [0.15, 0.2) is 0 Å². The number of amides is 1. The van der Waals surface area contributed by atoms with Crippen LogP contribution in [0.4, 0.5) is 11.4 Å². The fourth-order valence-corrected chi connectivity index (χ4v) is 2.28. The van der Waals surface area contributed by atoms with Gasteiger partial charge in [0.1, 0.15) is 0 Å². The third-order valence-corrected chi connectivity index (χ3v) is 3.64. The maximum absolute atomic E-state index is 11.9. The summed E-state index contributed by atoms with van der Waals surface area (Å²) in [6.45, 7) is 1.78. The van der Waals surface area contributed by atoms with Gasteiger partial charge in [-0.15, -0.1) is 0 Å². The molecule has 2 rings (SSSR count). The van der Waals surface area contributed by atoms with E-state index in [0.717, 1.165) is 10.6 Å². The second kappa shape index (κ2) is 6.85. The normalized spacial score (nSPS) is 10.1. The first-order valence-corrected chi connectivity index (χ1v) is 7.13. The minimum atomic E-state index is -0.488. The highest BCUT2D eigenvalue weighted by Crippen LogP contribution is 2.22. The summed E-state index contributed by atoms with van der Waals surface area (Å²) in [5, 5.41) is 14.2. The van der Waals surface area contributed by atoms with E-state index in [1.54, 1.807) is 25.3 Å². The highest BCUT2D eigenvalue weighted by Gasteiger charge is 2.11. The van der Waals surface area contributed by atoms with Crippen molar-refractivity contribution in [2.24, 2.45) is 0 Å². The highest BCUT2D eigenvalue weighted by atomic mass is 32.2. The predicted octanol–water partition coefficient (Wildman–Crippen LogP) is 3.03. The SMILES string of the molecule is Cc1ccc([N+](=O)[O-])cc1NC(=O)CSc1ccccn1. The van der Waals surface area contributed by atoms with Crippen LogP contribution in [0, 0.1) is 17.0 Å². The summed E-state index contributed by atoms with van der Waals surface area (Å²) in [7, 11) is 0. The Labute approximate surface area is 125 Å². The first kappa shape index (κ1) is 15.0. The van der Waals surface area contributed by atoms with Gasteiger partial charge in [-0.25, -0.2) is 4.98 Å². The van der Waals surface area contributed by atoms with E-state index in [-0.39, 0.29) is 17.3 Å². The molecule has 0 saturated carbocycles. The number of nitrogens with zero attached hydrogens (tertiary/aromatic N) is 2. The van der Waals surface area contributed by atoms with Crippen LogP contribution in [0.2, 0.25) is 0 Å². The first-order chi connectivity index (χ1) is 10.1. The lowest BCUT2D eigenvalue weighted by Crippen LogP contribution is -2.15. The third kappa shape index (κ3) is 4.28. The van der Waals surface area contributed by atoms with Crippen molar-refractivity contribution in [1.82, 2.24) is 4.98 Å². The van der Waals surface area contributed by atoms with E-state index in [1.165, 1.54) is 23.9 Å². The van der Waals surface area contributed by atoms with Gasteiger partial charge in [-0.2, -0.15) is 0 Å². The van der Waals surface area contributed by atoms with Crippen molar-refractivity contribution in [3.8, 4) is 0 Å². The number of benzene rings is 1. The lowest BCUT2D eigenvalue weighted by atomic mass is 10.2. The summed E-state index contributed by atoms with van der Waals surface area (Å²) in [5.74, 6) is -0.0339. The Morgan fingerprint density at radius 1 is 1.38 bits per heavy atom. The lowest BCUT2D eigenvalue weighted by Gasteiger charge is -2.07. The maximum atomic E-state index is 11.9. The number of nitro groups is 1. The molecule has 0 spiro atoms. The second-order valence-electron chi connectivity index (χ2n) is 4.26. The van der Waals surface area contributed by atoms with E-state index in [1.807, 2.05) is 12.1 Å². The van der Waals surface area contributed by atoms with E-state index in [0.29, 0.717) is 5.69 Å². The summed E-state index contributed by atoms with van der Waals surface area (Å²) in [4.78, 5) is 26.2. The molecule has 0 fully saturated rings. The van der Waals surface area contributed by atoms with Gasteiger partial charge in [0.05, 0.1) is 21.4 Å². The zero-order valence-electron chi connectivity index (χ0n) is 11.3.